The summed E-state index contributed by atoms with van der Waals surface area (Å²) in [6, 6.07) is 15.7. The van der Waals surface area contributed by atoms with Crippen LogP contribution in [0.1, 0.15) is 46.0 Å². The second-order valence-electron chi connectivity index (χ2n) is 12.7. The summed E-state index contributed by atoms with van der Waals surface area (Å²) in [6.45, 7) is 12.9. The van der Waals surface area contributed by atoms with E-state index in [0.717, 1.165) is 62.5 Å². The van der Waals surface area contributed by atoms with Crippen molar-refractivity contribution in [3.8, 4) is 0 Å². The van der Waals surface area contributed by atoms with Crippen LogP contribution in [0.2, 0.25) is 0 Å². The molecule has 0 saturated carbocycles. The van der Waals surface area contributed by atoms with Crippen LogP contribution < -0.4 is 9.80 Å². The summed E-state index contributed by atoms with van der Waals surface area (Å²) in [5.41, 5.74) is 6.55. The highest BCUT2D eigenvalue weighted by Gasteiger charge is 2.30. The fraction of sp³-hybridized carbons (Fsp3) is 0.472. The van der Waals surface area contributed by atoms with Gasteiger partial charge in [-0.15, -0.1) is 0 Å². The van der Waals surface area contributed by atoms with E-state index in [2.05, 4.69) is 63.9 Å². The van der Waals surface area contributed by atoms with Crippen LogP contribution in [0.15, 0.2) is 54.7 Å². The first kappa shape index (κ1) is 34.1. The lowest BCUT2D eigenvalue weighted by atomic mass is 9.97. The van der Waals surface area contributed by atoms with Crippen LogP contribution in [-0.4, -0.2) is 109 Å². The average Bonchev–Trinajstić information content (AvgIpc) is 3.06. The Morgan fingerprint density at radius 3 is 2.40 bits per heavy atom. The van der Waals surface area contributed by atoms with Gasteiger partial charge in [-0.1, -0.05) is 24.3 Å². The molecule has 2 aliphatic rings. The molecule has 5 rings (SSSR count). The first-order chi connectivity index (χ1) is 22.6. The highest BCUT2D eigenvalue weighted by atomic mass is 19.1. The normalized spacial score (nSPS) is 17.2. The number of anilines is 2. The lowest BCUT2D eigenvalue weighted by molar-refractivity contribution is 0.0592. The minimum atomic E-state index is -0.967. The fourth-order valence-electron chi connectivity index (χ4n) is 6.73. The smallest absolute Gasteiger partial charge is 0.409 e. The van der Waals surface area contributed by atoms with Crippen molar-refractivity contribution >= 4 is 23.5 Å². The number of ether oxygens (including phenoxy) is 1. The van der Waals surface area contributed by atoms with Gasteiger partial charge in [0, 0.05) is 83.3 Å². The van der Waals surface area contributed by atoms with Crippen LogP contribution in [0.25, 0.3) is 0 Å². The summed E-state index contributed by atoms with van der Waals surface area (Å²) in [4.78, 5) is 39.8. The number of halogens is 1. The van der Waals surface area contributed by atoms with E-state index < -0.39 is 6.09 Å². The number of aryl methyl sites for hydroxylation is 3. The third-order valence-electron chi connectivity index (χ3n) is 9.37. The number of rotatable bonds is 11. The van der Waals surface area contributed by atoms with Gasteiger partial charge in [0.05, 0.1) is 6.20 Å². The molecule has 1 N–H and O–H groups in total. The number of carbonyl (C=O) groups is 2. The van der Waals surface area contributed by atoms with E-state index >= 15 is 0 Å². The van der Waals surface area contributed by atoms with Crippen molar-refractivity contribution in [2.24, 2.45) is 0 Å². The molecule has 0 radical (unpaired) electrons. The first-order valence-electron chi connectivity index (χ1n) is 16.4. The Labute approximate surface area is 277 Å². The van der Waals surface area contributed by atoms with Gasteiger partial charge in [0.1, 0.15) is 18.4 Å². The van der Waals surface area contributed by atoms with E-state index in [0.29, 0.717) is 26.2 Å². The third kappa shape index (κ3) is 8.39. The van der Waals surface area contributed by atoms with Crippen LogP contribution in [-0.2, 0) is 17.7 Å². The number of aromatic nitrogens is 1. The van der Waals surface area contributed by atoms with E-state index in [4.69, 9.17) is 4.74 Å². The molecule has 2 amide bonds. The highest BCUT2D eigenvalue weighted by molar-refractivity contribution is 5.96. The third-order valence-corrected chi connectivity index (χ3v) is 9.37. The number of amides is 2. The largest absolute Gasteiger partial charge is 0.465 e. The van der Waals surface area contributed by atoms with Crippen LogP contribution in [0.3, 0.4) is 0 Å². The van der Waals surface area contributed by atoms with Gasteiger partial charge in [0.2, 0.25) is 0 Å². The number of carboxylic acid groups (broad SMARTS) is 1. The Balaban J connectivity index is 1.18. The molecule has 252 valence electrons. The standard InChI is InChI=1S/C36H47FN6O4/c1-26-20-27(2)32(35(44)43-19-18-41(23-28(43)3)34-12-11-31(37)22-38-34)21-30(26)24-39-14-16-40(17-15-39)33-10-6-5-8-29(33)9-7-13-42(25-47-4)36(45)46/h5-6,8,10-12,20-22,28H,7,9,13-19,23-25H2,1-4H3,(H,45,46)/t28-/m1/s1. The number of para-hydroxylation sites is 1. The summed E-state index contributed by atoms with van der Waals surface area (Å²) in [5.74, 6) is 0.427. The lowest BCUT2D eigenvalue weighted by Gasteiger charge is -2.40. The summed E-state index contributed by atoms with van der Waals surface area (Å²) in [5, 5.41) is 9.39. The van der Waals surface area contributed by atoms with Crippen molar-refractivity contribution in [1.82, 2.24) is 19.7 Å². The monoisotopic (exact) mass is 646 g/mol. The number of hydrogen-bond acceptors (Lipinski definition) is 7. The van der Waals surface area contributed by atoms with Gasteiger partial charge in [0.15, 0.2) is 0 Å². The number of methoxy groups -OCH3 is 1. The van der Waals surface area contributed by atoms with Gasteiger partial charge < -0.3 is 24.5 Å². The maximum absolute atomic E-state index is 13.9. The molecule has 3 aromatic rings. The number of nitrogens with zero attached hydrogens (tertiary/aromatic N) is 6. The zero-order valence-corrected chi connectivity index (χ0v) is 28.0. The number of carbonyl (C=O) groups excluding carboxylic acids is 1. The summed E-state index contributed by atoms with van der Waals surface area (Å²) in [6.07, 6.45) is 1.78. The topological polar surface area (TPSA) is 92.7 Å². The average molecular weight is 647 g/mol. The van der Waals surface area contributed by atoms with E-state index in [-0.39, 0.29) is 24.5 Å². The second kappa shape index (κ2) is 15.6. The van der Waals surface area contributed by atoms with Crippen molar-refractivity contribution in [3.05, 3.63) is 88.4 Å². The number of pyridine rings is 1. The molecule has 3 heterocycles. The zero-order chi connectivity index (χ0) is 33.5. The van der Waals surface area contributed by atoms with Crippen molar-refractivity contribution in [2.45, 2.75) is 46.2 Å². The molecule has 2 aromatic carbocycles. The van der Waals surface area contributed by atoms with E-state index in [1.54, 1.807) is 6.07 Å². The quantitative estimate of drug-likeness (QED) is 0.290. The molecule has 2 aliphatic heterocycles. The van der Waals surface area contributed by atoms with Crippen LogP contribution in [0.5, 0.6) is 0 Å². The van der Waals surface area contributed by atoms with Gasteiger partial charge >= 0.3 is 6.09 Å². The maximum atomic E-state index is 13.9. The zero-order valence-electron chi connectivity index (χ0n) is 28.0. The Kier molecular flexibility index (Phi) is 11.3. The number of benzene rings is 2. The predicted octanol–water partition coefficient (Wildman–Crippen LogP) is 5.03. The number of piperazine rings is 2. The minimum absolute atomic E-state index is 0.00956. The van der Waals surface area contributed by atoms with Crippen molar-refractivity contribution in [2.75, 3.05) is 76.0 Å². The van der Waals surface area contributed by atoms with E-state index in [1.165, 1.54) is 46.7 Å². The molecule has 47 heavy (non-hydrogen) atoms. The molecule has 1 aromatic heterocycles. The Morgan fingerprint density at radius 2 is 1.72 bits per heavy atom. The predicted molar refractivity (Wildman–Crippen MR) is 182 cm³/mol. The molecule has 0 spiro atoms. The van der Waals surface area contributed by atoms with Gasteiger partial charge in [-0.25, -0.2) is 14.2 Å². The summed E-state index contributed by atoms with van der Waals surface area (Å²) < 4.78 is 18.4. The molecule has 1 atom stereocenters. The molecule has 2 saturated heterocycles. The molecule has 2 fully saturated rings. The van der Waals surface area contributed by atoms with Crippen LogP contribution in [0, 0.1) is 19.7 Å². The Morgan fingerprint density at radius 1 is 0.979 bits per heavy atom. The fourth-order valence-corrected chi connectivity index (χ4v) is 6.73. The van der Waals surface area contributed by atoms with Gasteiger partial charge in [-0.2, -0.15) is 0 Å². The molecular formula is C36H47FN6O4. The molecular weight excluding hydrogens is 599 g/mol. The molecule has 0 unspecified atom stereocenters. The highest BCUT2D eigenvalue weighted by Crippen LogP contribution is 2.26. The van der Waals surface area contributed by atoms with Crippen molar-refractivity contribution in [3.63, 3.8) is 0 Å². The Bertz CT molecular complexity index is 1530. The molecule has 11 heteroatoms. The summed E-state index contributed by atoms with van der Waals surface area (Å²) >= 11 is 0. The maximum Gasteiger partial charge on any atom is 0.409 e. The molecule has 10 nitrogen and oxygen atoms in total. The van der Waals surface area contributed by atoms with E-state index in [9.17, 15) is 19.1 Å². The van der Waals surface area contributed by atoms with E-state index in [1.807, 2.05) is 17.9 Å². The molecule has 0 bridgehead atoms. The molecule has 0 aliphatic carbocycles. The Hall–Kier alpha value is -4.22. The van der Waals surface area contributed by atoms with Crippen LogP contribution in [0.4, 0.5) is 20.7 Å². The van der Waals surface area contributed by atoms with Crippen LogP contribution >= 0.6 is 0 Å². The lowest BCUT2D eigenvalue weighted by Crippen LogP contribution is -2.54. The van der Waals surface area contributed by atoms with Gasteiger partial charge in [-0.3, -0.25) is 14.6 Å². The van der Waals surface area contributed by atoms with Gasteiger partial charge in [-0.05, 0) is 80.1 Å². The SMILES string of the molecule is COCN(CCCc1ccccc1N1CCN(Cc2cc(C(=O)N3CCN(c4ccc(F)cn4)C[C@H]3C)c(C)cc2C)CC1)C(=O)O. The number of hydrogen-bond donors (Lipinski definition) is 1. The second-order valence-corrected chi connectivity index (χ2v) is 12.7. The van der Waals surface area contributed by atoms with Crippen molar-refractivity contribution < 1.29 is 23.8 Å². The van der Waals surface area contributed by atoms with Crippen molar-refractivity contribution in [1.29, 1.82) is 0 Å². The summed E-state index contributed by atoms with van der Waals surface area (Å²) in [7, 11) is 1.50. The first-order valence-corrected chi connectivity index (χ1v) is 16.4. The minimum Gasteiger partial charge on any atom is -0.465 e. The van der Waals surface area contributed by atoms with Gasteiger partial charge in [0.25, 0.3) is 5.91 Å².